The molecule has 2 fully saturated rings. The largest absolute Gasteiger partial charge is 0.379 e. The first-order valence-corrected chi connectivity index (χ1v) is 6.63. The van der Waals surface area contributed by atoms with Crippen molar-refractivity contribution in [2.75, 3.05) is 79.9 Å². The molecular weight excluding hydrogens is 216 g/mol. The molecule has 2 heterocycles. The second kappa shape index (κ2) is 6.66. The van der Waals surface area contributed by atoms with E-state index in [2.05, 4.69) is 33.7 Å². The third kappa shape index (κ3) is 4.52. The van der Waals surface area contributed by atoms with Crippen molar-refractivity contribution in [1.82, 2.24) is 19.6 Å². The van der Waals surface area contributed by atoms with Crippen molar-refractivity contribution in [3.8, 4) is 0 Å². The normalized spacial score (nSPS) is 25.1. The second-order valence-electron chi connectivity index (χ2n) is 5.29. The Hall–Kier alpha value is -0.200. The summed E-state index contributed by atoms with van der Waals surface area (Å²) < 4.78 is 5.71. The van der Waals surface area contributed by atoms with E-state index < -0.39 is 0 Å². The van der Waals surface area contributed by atoms with Gasteiger partial charge in [-0.25, -0.2) is 0 Å². The standard InChI is InChI=1S/C12H26N4O/c1-13-3-5-15(11-13)7-9-17-10-8-16-6-4-14(2)12-16/h3-12H2,1-2H3. The van der Waals surface area contributed by atoms with Crippen LogP contribution in [0.4, 0.5) is 0 Å². The molecule has 0 amide bonds. The average Bonchev–Trinajstić information content (AvgIpc) is 2.88. The third-order valence-corrected chi connectivity index (χ3v) is 3.58. The second-order valence-corrected chi connectivity index (χ2v) is 5.29. The van der Waals surface area contributed by atoms with Gasteiger partial charge in [0.05, 0.1) is 26.6 Å². The van der Waals surface area contributed by atoms with E-state index in [1.165, 1.54) is 26.2 Å². The minimum Gasteiger partial charge on any atom is -0.379 e. The summed E-state index contributed by atoms with van der Waals surface area (Å²) in [5, 5.41) is 0. The zero-order valence-corrected chi connectivity index (χ0v) is 11.3. The molecule has 17 heavy (non-hydrogen) atoms. The van der Waals surface area contributed by atoms with Gasteiger partial charge in [0.1, 0.15) is 0 Å². The summed E-state index contributed by atoms with van der Waals surface area (Å²) in [6.07, 6.45) is 0. The van der Waals surface area contributed by atoms with Gasteiger partial charge < -0.3 is 4.74 Å². The maximum atomic E-state index is 5.71. The number of nitrogens with zero attached hydrogens (tertiary/aromatic N) is 4. The topological polar surface area (TPSA) is 22.2 Å². The molecule has 5 heteroatoms. The average molecular weight is 242 g/mol. The fraction of sp³-hybridized carbons (Fsp3) is 1.00. The molecule has 0 aromatic heterocycles. The number of hydrogen-bond donors (Lipinski definition) is 0. The minimum absolute atomic E-state index is 0.873. The van der Waals surface area contributed by atoms with Crippen molar-refractivity contribution in [3.05, 3.63) is 0 Å². The molecule has 0 N–H and O–H groups in total. The third-order valence-electron chi connectivity index (χ3n) is 3.58. The van der Waals surface area contributed by atoms with Crippen LogP contribution in [0.5, 0.6) is 0 Å². The molecule has 0 aromatic carbocycles. The lowest BCUT2D eigenvalue weighted by Crippen LogP contribution is -2.29. The SMILES string of the molecule is CN1CCN(CCOCCN2CCN(C)C2)C1. The van der Waals surface area contributed by atoms with Crippen LogP contribution in [0, 0.1) is 0 Å². The molecule has 2 aliphatic heterocycles. The Balaban J connectivity index is 1.44. The van der Waals surface area contributed by atoms with E-state index in [-0.39, 0.29) is 0 Å². The molecule has 0 aromatic rings. The Bertz CT molecular complexity index is 205. The Morgan fingerprint density at radius 3 is 1.59 bits per heavy atom. The predicted octanol–water partition coefficient (Wildman–Crippen LogP) is -0.587. The van der Waals surface area contributed by atoms with Crippen LogP contribution in [0.1, 0.15) is 0 Å². The number of rotatable bonds is 6. The molecule has 2 saturated heterocycles. The van der Waals surface area contributed by atoms with Gasteiger partial charge in [-0.2, -0.15) is 0 Å². The number of likely N-dealkylation sites (N-methyl/N-ethyl adjacent to an activating group) is 2. The smallest absolute Gasteiger partial charge is 0.0594 e. The van der Waals surface area contributed by atoms with E-state index >= 15 is 0 Å². The monoisotopic (exact) mass is 242 g/mol. The van der Waals surface area contributed by atoms with Gasteiger partial charge in [-0.3, -0.25) is 19.6 Å². The van der Waals surface area contributed by atoms with Crippen molar-refractivity contribution in [2.45, 2.75) is 0 Å². The van der Waals surface area contributed by atoms with E-state index in [1.807, 2.05) is 0 Å². The summed E-state index contributed by atoms with van der Waals surface area (Å²) in [5.41, 5.74) is 0. The highest BCUT2D eigenvalue weighted by atomic mass is 16.5. The van der Waals surface area contributed by atoms with E-state index in [9.17, 15) is 0 Å². The summed E-state index contributed by atoms with van der Waals surface area (Å²) in [6, 6.07) is 0. The lowest BCUT2D eigenvalue weighted by Gasteiger charge is -2.17. The van der Waals surface area contributed by atoms with Gasteiger partial charge in [-0.15, -0.1) is 0 Å². The van der Waals surface area contributed by atoms with Gasteiger partial charge in [0.2, 0.25) is 0 Å². The molecule has 2 aliphatic rings. The highest BCUT2D eigenvalue weighted by Gasteiger charge is 2.16. The Kier molecular flexibility index (Phi) is 5.18. The Labute approximate surface area is 105 Å². The first-order valence-electron chi connectivity index (χ1n) is 6.63. The van der Waals surface area contributed by atoms with Crippen LogP contribution in [0.25, 0.3) is 0 Å². The van der Waals surface area contributed by atoms with E-state index in [1.54, 1.807) is 0 Å². The number of hydrogen-bond acceptors (Lipinski definition) is 5. The molecule has 0 saturated carbocycles. The van der Waals surface area contributed by atoms with Gasteiger partial charge in [0.15, 0.2) is 0 Å². The van der Waals surface area contributed by atoms with Crippen LogP contribution in [0.3, 0.4) is 0 Å². The fourth-order valence-corrected chi connectivity index (χ4v) is 2.44. The van der Waals surface area contributed by atoms with Crippen LogP contribution in [-0.4, -0.2) is 99.5 Å². The molecule has 2 rings (SSSR count). The molecule has 0 atom stereocenters. The van der Waals surface area contributed by atoms with Crippen molar-refractivity contribution in [2.24, 2.45) is 0 Å². The van der Waals surface area contributed by atoms with Gasteiger partial charge in [-0.05, 0) is 14.1 Å². The van der Waals surface area contributed by atoms with E-state index in [4.69, 9.17) is 4.74 Å². The lowest BCUT2D eigenvalue weighted by atomic mass is 10.5. The van der Waals surface area contributed by atoms with Crippen molar-refractivity contribution < 1.29 is 4.74 Å². The lowest BCUT2D eigenvalue weighted by molar-refractivity contribution is 0.0873. The van der Waals surface area contributed by atoms with Gasteiger partial charge >= 0.3 is 0 Å². The highest BCUT2D eigenvalue weighted by Crippen LogP contribution is 2.02. The Morgan fingerprint density at radius 2 is 1.24 bits per heavy atom. The summed E-state index contributed by atoms with van der Waals surface area (Å²) >= 11 is 0. The van der Waals surface area contributed by atoms with Gasteiger partial charge in [0.25, 0.3) is 0 Å². The molecule has 0 spiro atoms. The van der Waals surface area contributed by atoms with Crippen LogP contribution in [0.2, 0.25) is 0 Å². The van der Waals surface area contributed by atoms with Crippen LogP contribution < -0.4 is 0 Å². The minimum atomic E-state index is 0.873. The van der Waals surface area contributed by atoms with Crippen LogP contribution >= 0.6 is 0 Å². The zero-order valence-electron chi connectivity index (χ0n) is 11.3. The van der Waals surface area contributed by atoms with Crippen molar-refractivity contribution in [1.29, 1.82) is 0 Å². The Morgan fingerprint density at radius 1 is 0.765 bits per heavy atom. The highest BCUT2D eigenvalue weighted by molar-refractivity contribution is 4.68. The molecule has 100 valence electrons. The van der Waals surface area contributed by atoms with E-state index in [0.29, 0.717) is 0 Å². The summed E-state index contributed by atoms with van der Waals surface area (Å²) in [7, 11) is 4.34. The first kappa shape index (κ1) is 13.2. The maximum absolute atomic E-state index is 5.71. The van der Waals surface area contributed by atoms with Crippen LogP contribution in [-0.2, 0) is 4.74 Å². The first-order chi connectivity index (χ1) is 8.24. The molecular formula is C12H26N4O. The van der Waals surface area contributed by atoms with Gasteiger partial charge in [0, 0.05) is 39.3 Å². The molecule has 0 aliphatic carbocycles. The molecule has 5 nitrogen and oxygen atoms in total. The summed E-state index contributed by atoms with van der Waals surface area (Å²) in [5.74, 6) is 0. The van der Waals surface area contributed by atoms with Crippen molar-refractivity contribution >= 4 is 0 Å². The molecule has 0 bridgehead atoms. The van der Waals surface area contributed by atoms with Crippen LogP contribution in [0.15, 0.2) is 0 Å². The molecule has 0 unspecified atom stereocenters. The quantitative estimate of drug-likeness (QED) is 0.579. The fourth-order valence-electron chi connectivity index (χ4n) is 2.44. The van der Waals surface area contributed by atoms with Crippen molar-refractivity contribution in [3.63, 3.8) is 0 Å². The summed E-state index contributed by atoms with van der Waals surface area (Å²) in [4.78, 5) is 9.59. The maximum Gasteiger partial charge on any atom is 0.0594 e. The predicted molar refractivity (Wildman–Crippen MR) is 69.0 cm³/mol. The molecule has 0 radical (unpaired) electrons. The van der Waals surface area contributed by atoms with Gasteiger partial charge in [-0.1, -0.05) is 0 Å². The number of ether oxygens (including phenoxy) is 1. The van der Waals surface area contributed by atoms with E-state index in [0.717, 1.165) is 39.6 Å². The zero-order chi connectivity index (χ0) is 12.1. The summed E-state index contributed by atoms with van der Waals surface area (Å²) in [6.45, 7) is 10.9.